The number of guanidine groups is 1. The first-order valence-electron chi connectivity index (χ1n) is 10.2. The first-order valence-corrected chi connectivity index (χ1v) is 10.2. The first kappa shape index (κ1) is 21.1. The Labute approximate surface area is 186 Å². The summed E-state index contributed by atoms with van der Waals surface area (Å²) >= 11 is 0. The minimum atomic E-state index is 0. The zero-order valence-electron chi connectivity index (χ0n) is 16.7. The van der Waals surface area contributed by atoms with E-state index in [9.17, 15) is 0 Å². The Balaban J connectivity index is 0.00000225. The Morgan fingerprint density at radius 2 is 1.86 bits per heavy atom. The number of para-hydroxylation sites is 1. The molecule has 1 unspecified atom stereocenters. The molecule has 5 heteroatoms. The van der Waals surface area contributed by atoms with Crippen LogP contribution in [0, 0.1) is 5.92 Å². The number of hydrogen-bond acceptors (Lipinski definition) is 2. The number of nitrogens with one attached hydrogen (secondary N) is 1. The number of fused-ring (bicyclic) bond motifs is 1. The van der Waals surface area contributed by atoms with Crippen molar-refractivity contribution in [3.63, 3.8) is 0 Å². The highest BCUT2D eigenvalue weighted by Crippen LogP contribution is 2.27. The molecule has 4 rings (SSSR count). The highest BCUT2D eigenvalue weighted by Gasteiger charge is 2.25. The van der Waals surface area contributed by atoms with E-state index in [2.05, 4.69) is 74.7 Å². The van der Waals surface area contributed by atoms with E-state index in [-0.39, 0.29) is 24.0 Å². The first-order chi connectivity index (χ1) is 13.3. The molecule has 0 aromatic heterocycles. The van der Waals surface area contributed by atoms with Gasteiger partial charge in [-0.15, -0.1) is 24.0 Å². The van der Waals surface area contributed by atoms with Crippen LogP contribution >= 0.6 is 24.0 Å². The maximum absolute atomic E-state index is 4.54. The molecule has 1 saturated heterocycles. The predicted octanol–water partition coefficient (Wildman–Crippen LogP) is 3.81. The van der Waals surface area contributed by atoms with Gasteiger partial charge in [0, 0.05) is 38.9 Å². The standard InChI is InChI=1S/C23H30N4.HI/c1-24-23(27-16-13-21-9-5-6-10-22(21)27)25-17-20-12-15-26(18-20)14-11-19-7-3-2-4-8-19;/h2-10,20H,11-18H2,1H3,(H,24,25);1H. The fourth-order valence-electron chi connectivity index (χ4n) is 4.30. The second kappa shape index (κ2) is 10.3. The van der Waals surface area contributed by atoms with Crippen molar-refractivity contribution >= 4 is 35.6 Å². The van der Waals surface area contributed by atoms with Gasteiger partial charge in [0.15, 0.2) is 5.96 Å². The molecule has 4 nitrogen and oxygen atoms in total. The number of anilines is 1. The SMILES string of the molecule is CN=C(NCC1CCN(CCc2ccccc2)C1)N1CCc2ccccc21.I. The number of hydrogen-bond donors (Lipinski definition) is 1. The maximum Gasteiger partial charge on any atom is 0.198 e. The minimum Gasteiger partial charge on any atom is -0.356 e. The van der Waals surface area contributed by atoms with Crippen LogP contribution in [0.2, 0.25) is 0 Å². The average molecular weight is 490 g/mol. The van der Waals surface area contributed by atoms with Crippen molar-refractivity contribution in [2.45, 2.75) is 19.3 Å². The van der Waals surface area contributed by atoms with E-state index >= 15 is 0 Å². The monoisotopic (exact) mass is 490 g/mol. The minimum absolute atomic E-state index is 0. The van der Waals surface area contributed by atoms with Gasteiger partial charge in [-0.25, -0.2) is 0 Å². The molecule has 0 aliphatic carbocycles. The molecule has 2 aliphatic rings. The fourth-order valence-corrected chi connectivity index (χ4v) is 4.30. The smallest absolute Gasteiger partial charge is 0.198 e. The van der Waals surface area contributed by atoms with Crippen LogP contribution in [0.4, 0.5) is 5.69 Å². The summed E-state index contributed by atoms with van der Waals surface area (Å²) in [6.45, 7) is 5.59. The van der Waals surface area contributed by atoms with Gasteiger partial charge in [-0.1, -0.05) is 48.5 Å². The lowest BCUT2D eigenvalue weighted by Crippen LogP contribution is -2.42. The summed E-state index contributed by atoms with van der Waals surface area (Å²) in [4.78, 5) is 9.48. The molecule has 0 saturated carbocycles. The van der Waals surface area contributed by atoms with Crippen molar-refractivity contribution in [3.05, 3.63) is 65.7 Å². The van der Waals surface area contributed by atoms with Crippen LogP contribution in [0.25, 0.3) is 0 Å². The van der Waals surface area contributed by atoms with Crippen LogP contribution in [-0.4, -0.2) is 50.6 Å². The second-order valence-electron chi connectivity index (χ2n) is 7.65. The summed E-state index contributed by atoms with van der Waals surface area (Å²) < 4.78 is 0. The summed E-state index contributed by atoms with van der Waals surface area (Å²) in [6, 6.07) is 19.5. The lowest BCUT2D eigenvalue weighted by Gasteiger charge is -2.24. The molecule has 1 N–H and O–H groups in total. The molecule has 2 aromatic rings. The number of benzene rings is 2. The van der Waals surface area contributed by atoms with E-state index < -0.39 is 0 Å². The molecule has 1 atom stereocenters. The van der Waals surface area contributed by atoms with Gasteiger partial charge < -0.3 is 15.1 Å². The Kier molecular flexibility index (Phi) is 7.73. The van der Waals surface area contributed by atoms with Gasteiger partial charge in [-0.3, -0.25) is 4.99 Å². The Bertz CT molecular complexity index is 777. The zero-order valence-corrected chi connectivity index (χ0v) is 19.0. The van der Waals surface area contributed by atoms with Crippen molar-refractivity contribution in [2.75, 3.05) is 44.7 Å². The van der Waals surface area contributed by atoms with Crippen molar-refractivity contribution in [1.29, 1.82) is 0 Å². The number of aliphatic imine (C=N–C) groups is 1. The number of likely N-dealkylation sites (tertiary alicyclic amines) is 1. The van der Waals surface area contributed by atoms with Gasteiger partial charge in [-0.2, -0.15) is 0 Å². The second-order valence-corrected chi connectivity index (χ2v) is 7.65. The third-order valence-electron chi connectivity index (χ3n) is 5.83. The number of rotatable bonds is 5. The van der Waals surface area contributed by atoms with E-state index in [1.54, 1.807) is 0 Å². The van der Waals surface area contributed by atoms with Crippen LogP contribution < -0.4 is 10.2 Å². The van der Waals surface area contributed by atoms with Crippen LogP contribution in [0.1, 0.15) is 17.5 Å². The third-order valence-corrected chi connectivity index (χ3v) is 5.83. The normalized spacial score (nSPS) is 19.4. The van der Waals surface area contributed by atoms with E-state index in [0.717, 1.165) is 38.4 Å². The zero-order chi connectivity index (χ0) is 18.5. The Morgan fingerprint density at radius 1 is 1.07 bits per heavy atom. The lowest BCUT2D eigenvalue weighted by molar-refractivity contribution is 0.328. The summed E-state index contributed by atoms with van der Waals surface area (Å²) in [5.74, 6) is 1.72. The molecular formula is C23H31IN4. The molecule has 2 heterocycles. The van der Waals surface area contributed by atoms with Crippen LogP contribution in [0.3, 0.4) is 0 Å². The van der Waals surface area contributed by atoms with Crippen LogP contribution in [-0.2, 0) is 12.8 Å². The molecule has 2 aromatic carbocycles. The molecule has 0 radical (unpaired) electrons. The number of nitrogens with zero attached hydrogens (tertiary/aromatic N) is 3. The largest absolute Gasteiger partial charge is 0.356 e. The van der Waals surface area contributed by atoms with Gasteiger partial charge in [0.1, 0.15) is 0 Å². The highest BCUT2D eigenvalue weighted by atomic mass is 127. The van der Waals surface area contributed by atoms with Gasteiger partial charge in [0.05, 0.1) is 0 Å². The molecule has 150 valence electrons. The lowest BCUT2D eigenvalue weighted by atomic mass is 10.1. The molecular weight excluding hydrogens is 459 g/mol. The van der Waals surface area contributed by atoms with Crippen molar-refractivity contribution in [3.8, 4) is 0 Å². The van der Waals surface area contributed by atoms with E-state index in [0.29, 0.717) is 5.92 Å². The highest BCUT2D eigenvalue weighted by molar-refractivity contribution is 14.0. The van der Waals surface area contributed by atoms with Gasteiger partial charge >= 0.3 is 0 Å². The van der Waals surface area contributed by atoms with E-state index in [1.165, 1.54) is 36.3 Å². The van der Waals surface area contributed by atoms with Crippen LogP contribution in [0.15, 0.2) is 59.6 Å². The molecule has 1 fully saturated rings. The quantitative estimate of drug-likeness (QED) is 0.393. The maximum atomic E-state index is 4.54. The van der Waals surface area contributed by atoms with E-state index in [4.69, 9.17) is 0 Å². The Morgan fingerprint density at radius 3 is 2.68 bits per heavy atom. The molecule has 0 bridgehead atoms. The molecule has 28 heavy (non-hydrogen) atoms. The summed E-state index contributed by atoms with van der Waals surface area (Å²) in [5, 5.41) is 3.64. The summed E-state index contributed by atoms with van der Waals surface area (Å²) in [5.41, 5.74) is 4.17. The van der Waals surface area contributed by atoms with Crippen molar-refractivity contribution in [1.82, 2.24) is 10.2 Å². The van der Waals surface area contributed by atoms with E-state index in [1.807, 2.05) is 7.05 Å². The fraction of sp³-hybridized carbons (Fsp3) is 0.435. The number of halogens is 1. The van der Waals surface area contributed by atoms with Crippen molar-refractivity contribution < 1.29 is 0 Å². The van der Waals surface area contributed by atoms with Crippen molar-refractivity contribution in [2.24, 2.45) is 10.9 Å². The molecule has 2 aliphatic heterocycles. The van der Waals surface area contributed by atoms with Gasteiger partial charge in [0.2, 0.25) is 0 Å². The molecule has 0 spiro atoms. The predicted molar refractivity (Wildman–Crippen MR) is 129 cm³/mol. The summed E-state index contributed by atoms with van der Waals surface area (Å²) in [6.07, 6.45) is 3.52. The average Bonchev–Trinajstić information content (AvgIpc) is 3.35. The molecule has 0 amide bonds. The van der Waals surface area contributed by atoms with Gasteiger partial charge in [-0.05, 0) is 48.9 Å². The van der Waals surface area contributed by atoms with Crippen LogP contribution in [0.5, 0.6) is 0 Å². The summed E-state index contributed by atoms with van der Waals surface area (Å²) in [7, 11) is 1.89. The third kappa shape index (κ3) is 5.06. The van der Waals surface area contributed by atoms with Gasteiger partial charge in [0.25, 0.3) is 0 Å². The Hall–Kier alpha value is -1.60. The topological polar surface area (TPSA) is 30.9 Å².